The Bertz CT molecular complexity index is 1150. The Hall–Kier alpha value is -2.59. The first kappa shape index (κ1) is 20.7. The molecule has 2 heterocycles. The summed E-state index contributed by atoms with van der Waals surface area (Å²) in [6.45, 7) is 0.229. The number of nitrogens with zero attached hydrogens (tertiary/aromatic N) is 5. The highest BCUT2D eigenvalue weighted by molar-refractivity contribution is 9.10. The molecule has 4 rings (SSSR count). The zero-order valence-electron chi connectivity index (χ0n) is 16.1. The van der Waals surface area contributed by atoms with Crippen molar-refractivity contribution in [1.29, 1.82) is 0 Å². The summed E-state index contributed by atoms with van der Waals surface area (Å²) in [5.41, 5.74) is 1.72. The minimum absolute atomic E-state index is 0.0153. The van der Waals surface area contributed by atoms with Gasteiger partial charge >= 0.3 is 0 Å². The molecule has 0 bridgehead atoms. The van der Waals surface area contributed by atoms with E-state index in [1.807, 2.05) is 54.6 Å². The van der Waals surface area contributed by atoms with E-state index >= 15 is 0 Å². The predicted molar refractivity (Wildman–Crippen MR) is 115 cm³/mol. The second-order valence-electron chi connectivity index (χ2n) is 7.19. The van der Waals surface area contributed by atoms with Crippen LogP contribution in [0, 0.1) is 0 Å². The summed E-state index contributed by atoms with van der Waals surface area (Å²) < 4.78 is 24.8. The molecule has 1 saturated heterocycles. The summed E-state index contributed by atoms with van der Waals surface area (Å²) in [5.74, 6) is 0.258. The van der Waals surface area contributed by atoms with Crippen LogP contribution in [-0.2, 0) is 27.7 Å². The topological polar surface area (TPSA) is 98.1 Å². The molecule has 156 valence electrons. The van der Waals surface area contributed by atoms with Crippen LogP contribution in [0.1, 0.15) is 12.0 Å². The summed E-state index contributed by atoms with van der Waals surface area (Å²) in [6.07, 6.45) is 0.438. The number of carbonyl (C=O) groups is 1. The van der Waals surface area contributed by atoms with Gasteiger partial charge in [-0.1, -0.05) is 58.4 Å². The molecule has 0 N–H and O–H groups in total. The van der Waals surface area contributed by atoms with Gasteiger partial charge in [-0.25, -0.2) is 8.42 Å². The predicted octanol–water partition coefficient (Wildman–Crippen LogP) is 2.32. The van der Waals surface area contributed by atoms with Crippen molar-refractivity contribution >= 4 is 31.7 Å². The Kier molecular flexibility index (Phi) is 5.96. The lowest BCUT2D eigenvalue weighted by Crippen LogP contribution is -2.42. The summed E-state index contributed by atoms with van der Waals surface area (Å²) in [4.78, 5) is 16.0. The van der Waals surface area contributed by atoms with Crippen LogP contribution in [0.15, 0.2) is 59.1 Å². The van der Waals surface area contributed by atoms with Crippen LogP contribution in [0.25, 0.3) is 11.4 Å². The molecule has 3 aromatic rings. The molecule has 1 amide bonds. The fourth-order valence-electron chi connectivity index (χ4n) is 3.49. The quantitative estimate of drug-likeness (QED) is 0.526. The van der Waals surface area contributed by atoms with E-state index < -0.39 is 9.84 Å². The van der Waals surface area contributed by atoms with E-state index in [2.05, 4.69) is 31.3 Å². The molecule has 1 aliphatic rings. The number of hydrogen-bond donors (Lipinski definition) is 0. The van der Waals surface area contributed by atoms with Crippen LogP contribution in [0.2, 0.25) is 0 Å². The third-order valence-electron chi connectivity index (χ3n) is 5.01. The largest absolute Gasteiger partial charge is 0.333 e. The van der Waals surface area contributed by atoms with Crippen molar-refractivity contribution in [2.75, 3.05) is 11.5 Å². The fraction of sp³-hybridized carbons (Fsp3) is 0.300. The number of sulfone groups is 1. The number of hydrogen-bond acceptors (Lipinski definition) is 6. The summed E-state index contributed by atoms with van der Waals surface area (Å²) in [6, 6.07) is 16.7. The van der Waals surface area contributed by atoms with Crippen molar-refractivity contribution in [2.24, 2.45) is 0 Å². The van der Waals surface area contributed by atoms with Gasteiger partial charge in [0.15, 0.2) is 9.84 Å². The zero-order chi connectivity index (χ0) is 21.1. The average molecular weight is 490 g/mol. The molecule has 1 fully saturated rings. The molecule has 0 radical (unpaired) electrons. The first-order chi connectivity index (χ1) is 14.4. The zero-order valence-corrected chi connectivity index (χ0v) is 18.5. The summed E-state index contributed by atoms with van der Waals surface area (Å²) >= 11 is 3.46. The van der Waals surface area contributed by atoms with Gasteiger partial charge in [0, 0.05) is 22.6 Å². The highest BCUT2D eigenvalue weighted by Gasteiger charge is 2.35. The summed E-state index contributed by atoms with van der Waals surface area (Å²) in [7, 11) is -3.13. The first-order valence-electron chi connectivity index (χ1n) is 9.48. The number of carbonyl (C=O) groups excluding carboxylic acids is 1. The molecule has 10 heteroatoms. The maximum atomic E-state index is 13.1. The number of tetrazole rings is 1. The van der Waals surface area contributed by atoms with E-state index in [0.717, 1.165) is 15.6 Å². The van der Waals surface area contributed by atoms with Gasteiger partial charge in [-0.3, -0.25) is 4.79 Å². The summed E-state index contributed by atoms with van der Waals surface area (Å²) in [5, 5.41) is 12.4. The molecule has 2 aromatic carbocycles. The Morgan fingerprint density at radius 3 is 2.57 bits per heavy atom. The minimum atomic E-state index is -3.13. The Labute approximate surface area is 182 Å². The third kappa shape index (κ3) is 4.76. The van der Waals surface area contributed by atoms with Gasteiger partial charge in [0.25, 0.3) is 0 Å². The average Bonchev–Trinajstić information content (AvgIpc) is 3.33. The van der Waals surface area contributed by atoms with Crippen molar-refractivity contribution in [3.05, 3.63) is 64.6 Å². The van der Waals surface area contributed by atoms with E-state index in [0.29, 0.717) is 18.8 Å². The molecule has 30 heavy (non-hydrogen) atoms. The van der Waals surface area contributed by atoms with Crippen LogP contribution < -0.4 is 0 Å². The minimum Gasteiger partial charge on any atom is -0.333 e. The van der Waals surface area contributed by atoms with Crippen LogP contribution in [0.5, 0.6) is 0 Å². The number of aromatic nitrogens is 4. The fourth-order valence-corrected chi connectivity index (χ4v) is 5.69. The van der Waals surface area contributed by atoms with Gasteiger partial charge in [0.2, 0.25) is 11.7 Å². The first-order valence-corrected chi connectivity index (χ1v) is 12.1. The smallest absolute Gasteiger partial charge is 0.246 e. The SMILES string of the molecule is O=C(Cn1nnc(-c2ccccc2Br)n1)N(Cc1ccccc1)[C@H]1CCS(=O)(=O)C1. The van der Waals surface area contributed by atoms with E-state index in [1.54, 1.807) is 4.90 Å². The Balaban J connectivity index is 1.54. The molecule has 0 aliphatic carbocycles. The van der Waals surface area contributed by atoms with E-state index in [-0.39, 0.29) is 30.0 Å². The third-order valence-corrected chi connectivity index (χ3v) is 7.45. The number of benzene rings is 2. The van der Waals surface area contributed by atoms with Gasteiger partial charge in [-0.2, -0.15) is 4.80 Å². The lowest BCUT2D eigenvalue weighted by molar-refractivity contribution is -0.134. The van der Waals surface area contributed by atoms with E-state index in [9.17, 15) is 13.2 Å². The standard InChI is InChI=1S/C20H20BrN5O3S/c21-18-9-5-4-8-17(18)20-22-24-26(23-20)13-19(27)25(12-15-6-2-1-3-7-15)16-10-11-30(28,29)14-16/h1-9,16H,10-14H2/t16-/m0/s1. The van der Waals surface area contributed by atoms with Gasteiger partial charge in [-0.05, 0) is 29.3 Å². The molecule has 0 saturated carbocycles. The van der Waals surface area contributed by atoms with Crippen LogP contribution in [0.3, 0.4) is 0 Å². The highest BCUT2D eigenvalue weighted by atomic mass is 79.9. The molecule has 1 aliphatic heterocycles. The van der Waals surface area contributed by atoms with Gasteiger partial charge in [0.1, 0.15) is 6.54 Å². The molecule has 1 atom stereocenters. The maximum absolute atomic E-state index is 13.1. The molecular weight excluding hydrogens is 470 g/mol. The molecule has 1 aromatic heterocycles. The molecule has 0 spiro atoms. The van der Waals surface area contributed by atoms with Crippen molar-refractivity contribution in [2.45, 2.75) is 25.6 Å². The molecule has 8 nitrogen and oxygen atoms in total. The number of rotatable bonds is 6. The van der Waals surface area contributed by atoms with Crippen LogP contribution >= 0.6 is 15.9 Å². The lowest BCUT2D eigenvalue weighted by Gasteiger charge is -2.28. The second kappa shape index (κ2) is 8.65. The maximum Gasteiger partial charge on any atom is 0.246 e. The van der Waals surface area contributed by atoms with Crippen molar-refractivity contribution in [3.63, 3.8) is 0 Å². The van der Waals surface area contributed by atoms with Crippen molar-refractivity contribution < 1.29 is 13.2 Å². The molecular formula is C20H20BrN5O3S. The lowest BCUT2D eigenvalue weighted by atomic mass is 10.1. The van der Waals surface area contributed by atoms with Gasteiger partial charge < -0.3 is 4.90 Å². The van der Waals surface area contributed by atoms with Gasteiger partial charge in [-0.15, -0.1) is 10.2 Å². The second-order valence-corrected chi connectivity index (χ2v) is 10.3. The molecule has 0 unspecified atom stereocenters. The number of amides is 1. The van der Waals surface area contributed by atoms with Crippen LogP contribution in [-0.4, -0.2) is 57.0 Å². The Morgan fingerprint density at radius 2 is 1.87 bits per heavy atom. The monoisotopic (exact) mass is 489 g/mol. The van der Waals surface area contributed by atoms with Crippen molar-refractivity contribution in [3.8, 4) is 11.4 Å². The normalized spacial score (nSPS) is 17.7. The van der Waals surface area contributed by atoms with E-state index in [4.69, 9.17) is 0 Å². The van der Waals surface area contributed by atoms with E-state index in [1.165, 1.54) is 4.80 Å². The van der Waals surface area contributed by atoms with Crippen LogP contribution in [0.4, 0.5) is 0 Å². The number of halogens is 1. The highest BCUT2D eigenvalue weighted by Crippen LogP contribution is 2.24. The van der Waals surface area contributed by atoms with Crippen molar-refractivity contribution in [1.82, 2.24) is 25.1 Å². The van der Waals surface area contributed by atoms with Gasteiger partial charge in [0.05, 0.1) is 11.5 Å². The Morgan fingerprint density at radius 1 is 1.13 bits per heavy atom.